The molecule has 0 unspecified atom stereocenters. The Kier molecular flexibility index (Phi) is 2.38. The molecule has 0 bridgehead atoms. The SMILES string of the molecule is CC(C)/N=C1\CC=CN1S. The molecule has 0 atom stereocenters. The third kappa shape index (κ3) is 1.77. The first-order chi connectivity index (χ1) is 4.70. The molecule has 1 aliphatic heterocycles. The molecule has 0 aromatic heterocycles. The Balaban J connectivity index is 2.58. The summed E-state index contributed by atoms with van der Waals surface area (Å²) in [6.45, 7) is 4.12. The molecule has 0 N–H and O–H groups in total. The van der Waals surface area contributed by atoms with Gasteiger partial charge in [0.15, 0.2) is 0 Å². The van der Waals surface area contributed by atoms with Crippen LogP contribution >= 0.6 is 12.8 Å². The van der Waals surface area contributed by atoms with Gasteiger partial charge in [0.05, 0.1) is 0 Å². The van der Waals surface area contributed by atoms with Crippen LogP contribution in [0.15, 0.2) is 17.3 Å². The van der Waals surface area contributed by atoms with Crippen LogP contribution in [0.2, 0.25) is 0 Å². The Morgan fingerprint density at radius 3 is 2.80 bits per heavy atom. The number of nitrogens with zero attached hydrogens (tertiary/aromatic N) is 2. The summed E-state index contributed by atoms with van der Waals surface area (Å²) in [7, 11) is 0. The normalized spacial score (nSPS) is 21.6. The summed E-state index contributed by atoms with van der Waals surface area (Å²) < 4.78 is 1.76. The van der Waals surface area contributed by atoms with Gasteiger partial charge in [-0.2, -0.15) is 0 Å². The van der Waals surface area contributed by atoms with Crippen molar-refractivity contribution in [3.8, 4) is 0 Å². The molecular formula is C7H12N2S. The van der Waals surface area contributed by atoms with Gasteiger partial charge in [-0.05, 0) is 13.8 Å². The summed E-state index contributed by atoms with van der Waals surface area (Å²) in [5.74, 6) is 1.04. The van der Waals surface area contributed by atoms with Crippen LogP contribution in [-0.2, 0) is 0 Å². The summed E-state index contributed by atoms with van der Waals surface area (Å²) in [5.41, 5.74) is 0. The van der Waals surface area contributed by atoms with E-state index >= 15 is 0 Å². The van der Waals surface area contributed by atoms with E-state index < -0.39 is 0 Å². The molecule has 56 valence electrons. The average molecular weight is 156 g/mol. The average Bonchev–Trinajstić information content (AvgIpc) is 2.15. The number of thiol groups is 1. The molecule has 0 saturated heterocycles. The van der Waals surface area contributed by atoms with Crippen molar-refractivity contribution in [2.24, 2.45) is 4.99 Å². The number of hydrogen-bond donors (Lipinski definition) is 1. The standard InChI is InChI=1S/C7H12N2S/c1-6(2)8-7-4-3-5-9(7)10/h3,5-6,10H,4H2,1-2H3/b8-7+. The van der Waals surface area contributed by atoms with Crippen LogP contribution in [0.3, 0.4) is 0 Å². The van der Waals surface area contributed by atoms with Gasteiger partial charge in [0.1, 0.15) is 5.84 Å². The van der Waals surface area contributed by atoms with Gasteiger partial charge in [0, 0.05) is 18.7 Å². The van der Waals surface area contributed by atoms with Gasteiger partial charge < -0.3 is 0 Å². The zero-order chi connectivity index (χ0) is 7.56. The highest BCUT2D eigenvalue weighted by Gasteiger charge is 2.08. The van der Waals surface area contributed by atoms with Crippen molar-refractivity contribution in [2.45, 2.75) is 26.3 Å². The minimum absolute atomic E-state index is 0.365. The van der Waals surface area contributed by atoms with Gasteiger partial charge in [-0.3, -0.25) is 9.30 Å². The maximum atomic E-state index is 4.36. The minimum atomic E-state index is 0.365. The van der Waals surface area contributed by atoms with Crippen molar-refractivity contribution >= 4 is 18.7 Å². The van der Waals surface area contributed by atoms with E-state index in [2.05, 4.69) is 31.7 Å². The van der Waals surface area contributed by atoms with Crippen LogP contribution in [0, 0.1) is 0 Å². The number of amidine groups is 1. The molecule has 0 spiro atoms. The Morgan fingerprint density at radius 2 is 2.40 bits per heavy atom. The van der Waals surface area contributed by atoms with Gasteiger partial charge in [-0.1, -0.05) is 18.9 Å². The van der Waals surface area contributed by atoms with Gasteiger partial charge in [-0.25, -0.2) is 0 Å². The van der Waals surface area contributed by atoms with E-state index in [-0.39, 0.29) is 0 Å². The fraction of sp³-hybridized carbons (Fsp3) is 0.571. The van der Waals surface area contributed by atoms with Crippen molar-refractivity contribution in [1.29, 1.82) is 0 Å². The van der Waals surface area contributed by atoms with E-state index in [1.54, 1.807) is 4.31 Å². The van der Waals surface area contributed by atoms with Gasteiger partial charge in [0.2, 0.25) is 0 Å². The molecule has 0 aromatic carbocycles. The van der Waals surface area contributed by atoms with E-state index in [1.807, 2.05) is 12.3 Å². The van der Waals surface area contributed by atoms with E-state index in [0.717, 1.165) is 12.3 Å². The van der Waals surface area contributed by atoms with E-state index in [4.69, 9.17) is 0 Å². The van der Waals surface area contributed by atoms with Crippen LogP contribution < -0.4 is 0 Å². The zero-order valence-electron chi connectivity index (χ0n) is 6.28. The molecule has 0 aromatic rings. The highest BCUT2D eigenvalue weighted by atomic mass is 32.1. The summed E-state index contributed by atoms with van der Waals surface area (Å²) in [4.78, 5) is 4.36. The smallest absolute Gasteiger partial charge is 0.117 e. The highest BCUT2D eigenvalue weighted by Crippen LogP contribution is 2.11. The molecule has 10 heavy (non-hydrogen) atoms. The predicted octanol–water partition coefficient (Wildman–Crippen LogP) is 1.86. The largest absolute Gasteiger partial charge is 0.282 e. The highest BCUT2D eigenvalue weighted by molar-refractivity contribution is 7.78. The summed E-state index contributed by atoms with van der Waals surface area (Å²) in [6, 6.07) is 0.365. The number of hydrogen-bond acceptors (Lipinski definition) is 2. The monoisotopic (exact) mass is 156 g/mol. The zero-order valence-corrected chi connectivity index (χ0v) is 7.18. The number of rotatable bonds is 1. The van der Waals surface area contributed by atoms with E-state index in [1.165, 1.54) is 0 Å². The van der Waals surface area contributed by atoms with Crippen molar-refractivity contribution in [3.05, 3.63) is 12.3 Å². The third-order valence-electron chi connectivity index (χ3n) is 1.22. The van der Waals surface area contributed by atoms with Crippen LogP contribution in [0.1, 0.15) is 20.3 Å². The molecule has 0 aliphatic carbocycles. The fourth-order valence-corrected chi connectivity index (χ4v) is 1.07. The summed E-state index contributed by atoms with van der Waals surface area (Å²) in [5, 5.41) is 0. The number of aliphatic imine (C=N–C) groups is 1. The lowest BCUT2D eigenvalue weighted by molar-refractivity contribution is 0.804. The Morgan fingerprint density at radius 1 is 1.70 bits per heavy atom. The third-order valence-corrected chi connectivity index (χ3v) is 1.58. The Labute approximate surface area is 67.2 Å². The molecule has 1 rings (SSSR count). The lowest BCUT2D eigenvalue weighted by atomic mass is 10.4. The Hall–Kier alpha value is -0.440. The van der Waals surface area contributed by atoms with Crippen molar-refractivity contribution < 1.29 is 0 Å². The molecule has 0 amide bonds. The van der Waals surface area contributed by atoms with Crippen LogP contribution in [0.4, 0.5) is 0 Å². The van der Waals surface area contributed by atoms with Gasteiger partial charge in [-0.15, -0.1) is 0 Å². The fourth-order valence-electron chi connectivity index (χ4n) is 0.847. The lowest BCUT2D eigenvalue weighted by Crippen LogP contribution is -2.11. The maximum absolute atomic E-state index is 4.36. The van der Waals surface area contributed by atoms with Gasteiger partial charge >= 0.3 is 0 Å². The minimum Gasteiger partial charge on any atom is -0.282 e. The van der Waals surface area contributed by atoms with Crippen LogP contribution in [0.5, 0.6) is 0 Å². The van der Waals surface area contributed by atoms with Crippen molar-refractivity contribution in [2.75, 3.05) is 0 Å². The lowest BCUT2D eigenvalue weighted by Gasteiger charge is -2.08. The molecule has 2 nitrogen and oxygen atoms in total. The summed E-state index contributed by atoms with van der Waals surface area (Å²) >= 11 is 4.18. The topological polar surface area (TPSA) is 15.6 Å². The first kappa shape index (κ1) is 7.66. The first-order valence-electron chi connectivity index (χ1n) is 3.41. The summed E-state index contributed by atoms with van der Waals surface area (Å²) in [6.07, 6.45) is 4.89. The molecule has 0 radical (unpaired) electrons. The maximum Gasteiger partial charge on any atom is 0.117 e. The van der Waals surface area contributed by atoms with Crippen LogP contribution in [-0.4, -0.2) is 16.2 Å². The first-order valence-corrected chi connectivity index (χ1v) is 3.81. The van der Waals surface area contributed by atoms with Crippen molar-refractivity contribution in [3.63, 3.8) is 0 Å². The molecule has 0 fully saturated rings. The van der Waals surface area contributed by atoms with Crippen molar-refractivity contribution in [1.82, 2.24) is 4.31 Å². The van der Waals surface area contributed by atoms with Gasteiger partial charge in [0.25, 0.3) is 0 Å². The van der Waals surface area contributed by atoms with E-state index in [9.17, 15) is 0 Å². The molecule has 1 heterocycles. The molecule has 1 aliphatic rings. The Bertz CT molecular complexity index is 172. The molecule has 0 saturated carbocycles. The predicted molar refractivity (Wildman–Crippen MR) is 47.2 cm³/mol. The van der Waals surface area contributed by atoms with E-state index in [0.29, 0.717) is 6.04 Å². The molecule has 3 heteroatoms. The molecular weight excluding hydrogens is 144 g/mol. The second-order valence-electron chi connectivity index (χ2n) is 2.57. The second kappa shape index (κ2) is 3.10. The second-order valence-corrected chi connectivity index (χ2v) is 3.00. The quantitative estimate of drug-likeness (QED) is 0.573. The van der Waals surface area contributed by atoms with Crippen LogP contribution in [0.25, 0.3) is 0 Å².